The van der Waals surface area contributed by atoms with Gasteiger partial charge in [-0.2, -0.15) is 11.8 Å². The lowest BCUT2D eigenvalue weighted by Gasteiger charge is -2.16. The summed E-state index contributed by atoms with van der Waals surface area (Å²) in [4.78, 5) is 2.13. The van der Waals surface area contributed by atoms with Crippen molar-refractivity contribution in [2.75, 3.05) is 32.9 Å². The molecule has 0 aliphatic rings. The van der Waals surface area contributed by atoms with Crippen LogP contribution in [0.3, 0.4) is 0 Å². The van der Waals surface area contributed by atoms with Crippen molar-refractivity contribution in [2.24, 2.45) is 5.73 Å². The van der Waals surface area contributed by atoms with Crippen molar-refractivity contribution in [3.05, 3.63) is 35.6 Å². The van der Waals surface area contributed by atoms with Gasteiger partial charge in [0.05, 0.1) is 0 Å². The van der Waals surface area contributed by atoms with E-state index < -0.39 is 0 Å². The van der Waals surface area contributed by atoms with Crippen molar-refractivity contribution in [1.29, 1.82) is 0 Å². The number of hydrogen-bond acceptors (Lipinski definition) is 3. The third-order valence-electron chi connectivity index (χ3n) is 2.29. The van der Waals surface area contributed by atoms with E-state index in [1.54, 1.807) is 23.9 Å². The Balaban J connectivity index is 2.53. The highest BCUT2D eigenvalue weighted by atomic mass is 32.2. The number of thioether (sulfide) groups is 1. The summed E-state index contributed by atoms with van der Waals surface area (Å²) in [5.41, 5.74) is 6.69. The Morgan fingerprint density at radius 2 is 2.19 bits per heavy atom. The van der Waals surface area contributed by atoms with Crippen LogP contribution in [0.25, 0.3) is 0 Å². The van der Waals surface area contributed by atoms with Crippen LogP contribution in [-0.4, -0.2) is 37.8 Å². The maximum atomic E-state index is 13.1. The average Bonchev–Trinajstić information content (AvgIpc) is 2.24. The number of halogens is 1. The van der Waals surface area contributed by atoms with Gasteiger partial charge in [-0.3, -0.25) is 0 Å². The molecular weight excluding hydrogens is 223 g/mol. The van der Waals surface area contributed by atoms with E-state index in [9.17, 15) is 4.39 Å². The molecule has 0 saturated heterocycles. The summed E-state index contributed by atoms with van der Waals surface area (Å²) >= 11 is 1.78. The molecule has 0 radical (unpaired) electrons. The van der Waals surface area contributed by atoms with Gasteiger partial charge in [-0.15, -0.1) is 0 Å². The van der Waals surface area contributed by atoms with Gasteiger partial charge >= 0.3 is 0 Å². The summed E-state index contributed by atoms with van der Waals surface area (Å²) in [6, 6.07) is 6.70. The Labute approximate surface area is 101 Å². The second kappa shape index (κ2) is 6.89. The molecule has 2 N–H and O–H groups in total. The molecule has 0 fully saturated rings. The molecule has 0 aliphatic carbocycles. The summed E-state index contributed by atoms with van der Waals surface area (Å²) in [7, 11) is 4.08. The first kappa shape index (κ1) is 13.5. The van der Waals surface area contributed by atoms with Crippen molar-refractivity contribution < 1.29 is 4.39 Å². The third-order valence-corrected chi connectivity index (χ3v) is 3.58. The fraction of sp³-hybridized carbons (Fsp3) is 0.500. The molecule has 2 nitrogen and oxygen atoms in total. The predicted molar refractivity (Wildman–Crippen MR) is 69.2 cm³/mol. The summed E-state index contributed by atoms with van der Waals surface area (Å²) < 4.78 is 13.1. The summed E-state index contributed by atoms with van der Waals surface area (Å²) in [5, 5.41) is 0.190. The van der Waals surface area contributed by atoms with E-state index in [-0.39, 0.29) is 11.1 Å². The van der Waals surface area contributed by atoms with Crippen LogP contribution in [0.1, 0.15) is 10.8 Å². The second-order valence-electron chi connectivity index (χ2n) is 3.95. The van der Waals surface area contributed by atoms with Crippen LogP contribution in [0.5, 0.6) is 0 Å². The molecule has 1 atom stereocenters. The number of hydrogen-bond donors (Lipinski definition) is 1. The highest BCUT2D eigenvalue weighted by Gasteiger charge is 2.10. The van der Waals surface area contributed by atoms with E-state index in [2.05, 4.69) is 4.90 Å². The molecule has 0 amide bonds. The Morgan fingerprint density at radius 1 is 1.44 bits per heavy atom. The van der Waals surface area contributed by atoms with Crippen LogP contribution in [-0.2, 0) is 0 Å². The molecule has 1 unspecified atom stereocenters. The van der Waals surface area contributed by atoms with Crippen LogP contribution in [0.4, 0.5) is 4.39 Å². The van der Waals surface area contributed by atoms with Gasteiger partial charge in [0, 0.05) is 24.1 Å². The molecule has 0 aromatic heterocycles. The Hall–Kier alpha value is -0.580. The molecule has 16 heavy (non-hydrogen) atoms. The first-order valence-corrected chi connectivity index (χ1v) is 6.40. The van der Waals surface area contributed by atoms with Gasteiger partial charge in [0.1, 0.15) is 5.82 Å². The first-order valence-electron chi connectivity index (χ1n) is 5.35. The van der Waals surface area contributed by atoms with Gasteiger partial charge in [-0.05, 0) is 31.8 Å². The smallest absolute Gasteiger partial charge is 0.123 e. The molecular formula is C12H19FN2S. The standard InChI is InChI=1S/C12H19FN2S/c1-15(2)6-7-16-12(9-14)10-4-3-5-11(13)8-10/h3-5,8,12H,6-7,9,14H2,1-2H3. The minimum atomic E-state index is -0.191. The zero-order chi connectivity index (χ0) is 12.0. The molecule has 90 valence electrons. The Bertz CT molecular complexity index is 318. The molecule has 0 aliphatic heterocycles. The van der Waals surface area contributed by atoms with Gasteiger partial charge in [0.15, 0.2) is 0 Å². The lowest BCUT2D eigenvalue weighted by Crippen LogP contribution is -2.17. The summed E-state index contributed by atoms with van der Waals surface area (Å²) in [5.74, 6) is 0.815. The fourth-order valence-electron chi connectivity index (χ4n) is 1.38. The monoisotopic (exact) mass is 242 g/mol. The van der Waals surface area contributed by atoms with Crippen molar-refractivity contribution >= 4 is 11.8 Å². The van der Waals surface area contributed by atoms with Crippen molar-refractivity contribution in [1.82, 2.24) is 4.90 Å². The first-order chi connectivity index (χ1) is 7.63. The van der Waals surface area contributed by atoms with E-state index in [0.717, 1.165) is 17.9 Å². The zero-order valence-corrected chi connectivity index (χ0v) is 10.6. The quantitative estimate of drug-likeness (QED) is 0.828. The largest absolute Gasteiger partial charge is 0.329 e. The van der Waals surface area contributed by atoms with Gasteiger partial charge in [-0.25, -0.2) is 4.39 Å². The maximum Gasteiger partial charge on any atom is 0.123 e. The van der Waals surface area contributed by atoms with Gasteiger partial charge in [0.25, 0.3) is 0 Å². The maximum absolute atomic E-state index is 13.1. The highest BCUT2D eigenvalue weighted by molar-refractivity contribution is 7.99. The second-order valence-corrected chi connectivity index (χ2v) is 5.26. The normalized spacial score (nSPS) is 13.1. The molecule has 4 heteroatoms. The molecule has 0 heterocycles. The van der Waals surface area contributed by atoms with Crippen molar-refractivity contribution in [2.45, 2.75) is 5.25 Å². The number of rotatable bonds is 6. The molecule has 1 aromatic carbocycles. The molecule has 0 bridgehead atoms. The summed E-state index contributed by atoms with van der Waals surface area (Å²) in [6.45, 7) is 1.55. The van der Waals surface area contributed by atoms with Crippen LogP contribution < -0.4 is 5.73 Å². The van der Waals surface area contributed by atoms with E-state index in [4.69, 9.17) is 5.73 Å². The van der Waals surface area contributed by atoms with Crippen LogP contribution in [0.15, 0.2) is 24.3 Å². The van der Waals surface area contributed by atoms with Gasteiger partial charge in [-0.1, -0.05) is 12.1 Å². The van der Waals surface area contributed by atoms with Gasteiger partial charge < -0.3 is 10.6 Å². The zero-order valence-electron chi connectivity index (χ0n) is 9.82. The molecule has 1 rings (SSSR count). The van der Waals surface area contributed by atoms with E-state index in [0.29, 0.717) is 6.54 Å². The predicted octanol–water partition coefficient (Wildman–Crippen LogP) is 2.12. The average molecular weight is 242 g/mol. The SMILES string of the molecule is CN(C)CCSC(CN)c1cccc(F)c1. The number of benzene rings is 1. The number of nitrogens with zero attached hydrogens (tertiary/aromatic N) is 1. The minimum Gasteiger partial charge on any atom is -0.329 e. The lowest BCUT2D eigenvalue weighted by atomic mass is 10.1. The van der Waals surface area contributed by atoms with E-state index in [1.165, 1.54) is 6.07 Å². The van der Waals surface area contributed by atoms with Crippen LogP contribution in [0.2, 0.25) is 0 Å². The Morgan fingerprint density at radius 3 is 2.75 bits per heavy atom. The number of nitrogens with two attached hydrogens (primary N) is 1. The molecule has 1 aromatic rings. The fourth-order valence-corrected chi connectivity index (χ4v) is 2.61. The van der Waals surface area contributed by atoms with Gasteiger partial charge in [0.2, 0.25) is 0 Å². The molecule has 0 spiro atoms. The van der Waals surface area contributed by atoms with E-state index >= 15 is 0 Å². The Kier molecular flexibility index (Phi) is 5.80. The summed E-state index contributed by atoms with van der Waals surface area (Å²) in [6.07, 6.45) is 0. The van der Waals surface area contributed by atoms with Crippen LogP contribution in [0, 0.1) is 5.82 Å². The minimum absolute atomic E-state index is 0.190. The lowest BCUT2D eigenvalue weighted by molar-refractivity contribution is 0.437. The topological polar surface area (TPSA) is 29.3 Å². The highest BCUT2D eigenvalue weighted by Crippen LogP contribution is 2.27. The van der Waals surface area contributed by atoms with E-state index in [1.807, 2.05) is 20.2 Å². The van der Waals surface area contributed by atoms with Crippen molar-refractivity contribution in [3.63, 3.8) is 0 Å². The van der Waals surface area contributed by atoms with Crippen LogP contribution >= 0.6 is 11.8 Å². The third kappa shape index (κ3) is 4.51. The molecule has 0 saturated carbocycles. The van der Waals surface area contributed by atoms with Crippen molar-refractivity contribution in [3.8, 4) is 0 Å².